The van der Waals surface area contributed by atoms with Gasteiger partial charge in [-0.25, -0.2) is 0 Å². The number of nitrogens with zero attached hydrogens (tertiary/aromatic N) is 1. The summed E-state index contributed by atoms with van der Waals surface area (Å²) in [5, 5.41) is 4.01. The van der Waals surface area contributed by atoms with Crippen LogP contribution < -0.4 is 5.32 Å². The van der Waals surface area contributed by atoms with Crippen LogP contribution in [0.5, 0.6) is 0 Å². The van der Waals surface area contributed by atoms with Crippen LogP contribution in [0.3, 0.4) is 0 Å². The van der Waals surface area contributed by atoms with Gasteiger partial charge in [0.25, 0.3) is 5.91 Å². The Bertz CT molecular complexity index is 671. The summed E-state index contributed by atoms with van der Waals surface area (Å²) in [5.74, 6) is 0.548. The Morgan fingerprint density at radius 2 is 2.19 bits per heavy atom. The fourth-order valence-corrected chi connectivity index (χ4v) is 3.81. The SMILES string of the molecule is Cc1cc(C(=O)NCC2CCCC2Br)c2ccccc2n1. The average molecular weight is 347 g/mol. The highest BCUT2D eigenvalue weighted by atomic mass is 79.9. The van der Waals surface area contributed by atoms with Crippen molar-refractivity contribution in [1.29, 1.82) is 0 Å². The predicted octanol–water partition coefficient (Wildman–Crippen LogP) is 3.84. The van der Waals surface area contributed by atoms with Crippen LogP contribution in [0.1, 0.15) is 35.3 Å². The van der Waals surface area contributed by atoms with Crippen molar-refractivity contribution in [1.82, 2.24) is 10.3 Å². The Kier molecular flexibility index (Phi) is 4.24. The van der Waals surface area contributed by atoms with Gasteiger partial charge in [-0.1, -0.05) is 40.5 Å². The summed E-state index contributed by atoms with van der Waals surface area (Å²) in [6, 6.07) is 9.67. The minimum Gasteiger partial charge on any atom is -0.352 e. The van der Waals surface area contributed by atoms with E-state index < -0.39 is 0 Å². The summed E-state index contributed by atoms with van der Waals surface area (Å²) in [6.45, 7) is 2.67. The van der Waals surface area contributed by atoms with Gasteiger partial charge in [-0.2, -0.15) is 0 Å². The molecule has 1 heterocycles. The lowest BCUT2D eigenvalue weighted by Gasteiger charge is -2.15. The van der Waals surface area contributed by atoms with Crippen molar-refractivity contribution in [3.63, 3.8) is 0 Å². The number of aromatic nitrogens is 1. The van der Waals surface area contributed by atoms with E-state index >= 15 is 0 Å². The first-order chi connectivity index (χ1) is 10.1. The van der Waals surface area contributed by atoms with Crippen LogP contribution in [0.15, 0.2) is 30.3 Å². The highest BCUT2D eigenvalue weighted by Crippen LogP contribution is 2.31. The summed E-state index contributed by atoms with van der Waals surface area (Å²) in [6.07, 6.45) is 3.64. The van der Waals surface area contributed by atoms with Crippen molar-refractivity contribution in [2.24, 2.45) is 5.92 Å². The van der Waals surface area contributed by atoms with Gasteiger partial charge in [0.1, 0.15) is 0 Å². The van der Waals surface area contributed by atoms with Crippen LogP contribution in [0.4, 0.5) is 0 Å². The van der Waals surface area contributed by atoms with E-state index in [1.165, 1.54) is 19.3 Å². The number of hydrogen-bond donors (Lipinski definition) is 1. The van der Waals surface area contributed by atoms with Crippen molar-refractivity contribution in [2.45, 2.75) is 31.0 Å². The molecule has 1 aromatic carbocycles. The number of amides is 1. The molecule has 1 aromatic heterocycles. The Morgan fingerprint density at radius 3 is 2.95 bits per heavy atom. The molecule has 0 aliphatic heterocycles. The Balaban J connectivity index is 1.81. The molecule has 3 nitrogen and oxygen atoms in total. The molecule has 0 bridgehead atoms. The van der Waals surface area contributed by atoms with Gasteiger partial charge in [0, 0.05) is 22.5 Å². The van der Waals surface area contributed by atoms with E-state index in [2.05, 4.69) is 26.2 Å². The second kappa shape index (κ2) is 6.14. The van der Waals surface area contributed by atoms with E-state index in [-0.39, 0.29) is 5.91 Å². The maximum atomic E-state index is 12.5. The molecule has 1 amide bonds. The highest BCUT2D eigenvalue weighted by molar-refractivity contribution is 9.09. The molecule has 4 heteroatoms. The zero-order valence-electron chi connectivity index (χ0n) is 12.1. The van der Waals surface area contributed by atoms with E-state index in [1.807, 2.05) is 37.3 Å². The smallest absolute Gasteiger partial charge is 0.252 e. The third-order valence-electron chi connectivity index (χ3n) is 4.18. The number of rotatable bonds is 3. The predicted molar refractivity (Wildman–Crippen MR) is 88.9 cm³/mol. The van der Waals surface area contributed by atoms with E-state index in [1.54, 1.807) is 0 Å². The molecule has 2 atom stereocenters. The molecule has 2 unspecified atom stereocenters. The number of hydrogen-bond acceptors (Lipinski definition) is 2. The number of carbonyl (C=O) groups excluding carboxylic acids is 1. The largest absolute Gasteiger partial charge is 0.352 e. The highest BCUT2D eigenvalue weighted by Gasteiger charge is 2.25. The molecule has 0 saturated heterocycles. The van der Waals surface area contributed by atoms with Gasteiger partial charge in [-0.05, 0) is 37.8 Å². The molecule has 0 spiro atoms. The number of para-hydroxylation sites is 1. The normalized spacial score (nSPS) is 21.6. The zero-order valence-corrected chi connectivity index (χ0v) is 13.7. The lowest BCUT2D eigenvalue weighted by Crippen LogP contribution is -2.31. The van der Waals surface area contributed by atoms with Crippen LogP contribution in [0.2, 0.25) is 0 Å². The zero-order chi connectivity index (χ0) is 14.8. The number of alkyl halides is 1. The molecule has 1 fully saturated rings. The molecule has 2 aromatic rings. The molecule has 1 aliphatic rings. The number of carbonyl (C=O) groups is 1. The number of pyridine rings is 1. The number of fused-ring (bicyclic) bond motifs is 1. The van der Waals surface area contributed by atoms with Crippen LogP contribution in [-0.2, 0) is 0 Å². The van der Waals surface area contributed by atoms with Crippen LogP contribution >= 0.6 is 15.9 Å². The molecule has 1 aliphatic carbocycles. The first-order valence-electron chi connectivity index (χ1n) is 7.44. The van der Waals surface area contributed by atoms with E-state index in [9.17, 15) is 4.79 Å². The van der Waals surface area contributed by atoms with Crippen molar-refractivity contribution >= 4 is 32.7 Å². The van der Waals surface area contributed by atoms with Gasteiger partial charge in [0.2, 0.25) is 0 Å². The molecule has 0 radical (unpaired) electrons. The summed E-state index contributed by atoms with van der Waals surface area (Å²) < 4.78 is 0. The van der Waals surface area contributed by atoms with Gasteiger partial charge >= 0.3 is 0 Å². The van der Waals surface area contributed by atoms with Crippen LogP contribution in [-0.4, -0.2) is 22.3 Å². The summed E-state index contributed by atoms with van der Waals surface area (Å²) in [5.41, 5.74) is 2.47. The van der Waals surface area contributed by atoms with Crippen molar-refractivity contribution in [3.05, 3.63) is 41.6 Å². The molecular weight excluding hydrogens is 328 g/mol. The molecule has 110 valence electrons. The summed E-state index contributed by atoms with van der Waals surface area (Å²) >= 11 is 3.70. The summed E-state index contributed by atoms with van der Waals surface area (Å²) in [4.78, 5) is 17.5. The van der Waals surface area contributed by atoms with Gasteiger partial charge in [0.05, 0.1) is 11.1 Å². The Morgan fingerprint density at radius 1 is 1.38 bits per heavy atom. The topological polar surface area (TPSA) is 42.0 Å². The number of halogens is 1. The lowest BCUT2D eigenvalue weighted by molar-refractivity contribution is 0.0949. The molecular formula is C17H19BrN2O. The molecule has 3 rings (SSSR count). The summed E-state index contributed by atoms with van der Waals surface area (Å²) in [7, 11) is 0. The molecule has 21 heavy (non-hydrogen) atoms. The molecule has 1 N–H and O–H groups in total. The van der Waals surface area contributed by atoms with E-state index in [4.69, 9.17) is 0 Å². The minimum absolute atomic E-state index is 0.00306. The van der Waals surface area contributed by atoms with Gasteiger partial charge in [-0.15, -0.1) is 0 Å². The van der Waals surface area contributed by atoms with Gasteiger partial charge in [-0.3, -0.25) is 9.78 Å². The first kappa shape index (κ1) is 14.5. The molecule has 1 saturated carbocycles. The van der Waals surface area contributed by atoms with E-state index in [0.717, 1.165) is 28.7 Å². The second-order valence-electron chi connectivity index (χ2n) is 5.75. The van der Waals surface area contributed by atoms with Crippen molar-refractivity contribution in [3.8, 4) is 0 Å². The maximum absolute atomic E-state index is 12.5. The third-order valence-corrected chi connectivity index (χ3v) is 5.39. The standard InChI is InChI=1S/C17H19BrN2O/c1-11-9-14(13-6-2-3-8-16(13)20-11)17(21)19-10-12-5-4-7-15(12)18/h2-3,6,8-9,12,15H,4-5,7,10H2,1H3,(H,19,21). The van der Waals surface area contributed by atoms with Crippen molar-refractivity contribution in [2.75, 3.05) is 6.54 Å². The monoisotopic (exact) mass is 346 g/mol. The van der Waals surface area contributed by atoms with Gasteiger partial charge in [0.15, 0.2) is 0 Å². The van der Waals surface area contributed by atoms with Gasteiger partial charge < -0.3 is 5.32 Å². The number of nitrogens with one attached hydrogen (secondary N) is 1. The number of aryl methyl sites for hydroxylation is 1. The Hall–Kier alpha value is -1.42. The quantitative estimate of drug-likeness (QED) is 0.858. The first-order valence-corrected chi connectivity index (χ1v) is 8.35. The van der Waals surface area contributed by atoms with Crippen molar-refractivity contribution < 1.29 is 4.79 Å². The second-order valence-corrected chi connectivity index (χ2v) is 6.92. The van der Waals surface area contributed by atoms with Crippen LogP contribution in [0.25, 0.3) is 10.9 Å². The fraction of sp³-hybridized carbons (Fsp3) is 0.412. The lowest BCUT2D eigenvalue weighted by atomic mass is 10.1. The van der Waals surface area contributed by atoms with E-state index in [0.29, 0.717) is 10.7 Å². The maximum Gasteiger partial charge on any atom is 0.252 e. The average Bonchev–Trinajstić information content (AvgIpc) is 2.89. The third kappa shape index (κ3) is 3.10. The Labute approximate surface area is 133 Å². The fourth-order valence-electron chi connectivity index (χ4n) is 3.04. The van der Waals surface area contributed by atoms with Crippen LogP contribution in [0, 0.1) is 12.8 Å². The minimum atomic E-state index is 0.00306. The number of benzene rings is 1.